The third-order valence-corrected chi connectivity index (χ3v) is 6.24. The van der Waals surface area contributed by atoms with Gasteiger partial charge >= 0.3 is 0 Å². The lowest BCUT2D eigenvalue weighted by Crippen LogP contribution is -2.50. The fourth-order valence-electron chi connectivity index (χ4n) is 4.88. The lowest BCUT2D eigenvalue weighted by atomic mass is 9.95. The minimum atomic E-state index is -0.211. The topological polar surface area (TPSA) is 48.6 Å². The number of amides is 1. The molecule has 0 unspecified atom stereocenters. The molecule has 1 aromatic heterocycles. The Hall–Kier alpha value is -3.73. The number of anilines is 2. The van der Waals surface area contributed by atoms with Gasteiger partial charge in [0.2, 0.25) is 0 Å². The second kappa shape index (κ2) is 6.39. The highest BCUT2D eigenvalue weighted by atomic mass is 16.5. The maximum Gasteiger partial charge on any atom is 0.257 e. The molecule has 0 fully saturated rings. The lowest BCUT2D eigenvalue weighted by Gasteiger charge is -2.47. The summed E-state index contributed by atoms with van der Waals surface area (Å²) >= 11 is 0. The number of aromatic amines is 1. The standard InChI is InChI=1S/C25H21N3O2/c1-30-17-11-12-21-20(15-17)18-13-14-27-24(23(18)26-21)28(16-7-3-2-4-8-16)22-10-6-5-9-19(22)25(27)29/h2-12,15,24,26H,13-14H2,1H3/t24-/m0/s1. The van der Waals surface area contributed by atoms with Crippen molar-refractivity contribution in [3.63, 3.8) is 0 Å². The van der Waals surface area contributed by atoms with Crippen molar-refractivity contribution in [2.75, 3.05) is 18.6 Å². The van der Waals surface area contributed by atoms with Gasteiger partial charge < -0.3 is 19.5 Å². The highest BCUT2D eigenvalue weighted by Gasteiger charge is 2.43. The van der Waals surface area contributed by atoms with Crippen molar-refractivity contribution in [3.8, 4) is 5.75 Å². The van der Waals surface area contributed by atoms with E-state index in [0.29, 0.717) is 6.54 Å². The molecule has 3 aromatic carbocycles. The number of rotatable bonds is 2. The lowest BCUT2D eigenvalue weighted by molar-refractivity contribution is 0.0642. The summed E-state index contributed by atoms with van der Waals surface area (Å²) in [6.07, 6.45) is 0.604. The number of nitrogens with one attached hydrogen (secondary N) is 1. The number of methoxy groups -OCH3 is 1. The van der Waals surface area contributed by atoms with Crippen molar-refractivity contribution in [2.24, 2.45) is 0 Å². The van der Waals surface area contributed by atoms with Crippen molar-refractivity contribution in [2.45, 2.75) is 12.6 Å². The monoisotopic (exact) mass is 395 g/mol. The predicted molar refractivity (Wildman–Crippen MR) is 117 cm³/mol. The fourth-order valence-corrected chi connectivity index (χ4v) is 4.88. The molecule has 5 nitrogen and oxygen atoms in total. The molecule has 148 valence electrons. The summed E-state index contributed by atoms with van der Waals surface area (Å²) in [7, 11) is 1.69. The van der Waals surface area contributed by atoms with Gasteiger partial charge in [-0.05, 0) is 54.4 Å². The molecule has 0 radical (unpaired) electrons. The van der Waals surface area contributed by atoms with Gasteiger partial charge in [0, 0.05) is 23.1 Å². The normalized spacial score (nSPS) is 17.5. The predicted octanol–water partition coefficient (Wildman–Crippen LogP) is 5.03. The number of fused-ring (bicyclic) bond motifs is 6. The molecule has 5 heteroatoms. The number of hydrogen-bond donors (Lipinski definition) is 1. The zero-order valence-electron chi connectivity index (χ0n) is 16.6. The van der Waals surface area contributed by atoms with E-state index in [2.05, 4.69) is 34.1 Å². The van der Waals surface area contributed by atoms with Crippen LogP contribution >= 0.6 is 0 Å². The van der Waals surface area contributed by atoms with Crippen LogP contribution < -0.4 is 9.64 Å². The molecule has 0 bridgehead atoms. The molecule has 3 heterocycles. The van der Waals surface area contributed by atoms with E-state index in [1.807, 2.05) is 53.4 Å². The van der Waals surface area contributed by atoms with Crippen LogP contribution in [0, 0.1) is 0 Å². The van der Waals surface area contributed by atoms with Crippen LogP contribution in [0.2, 0.25) is 0 Å². The van der Waals surface area contributed by atoms with E-state index in [1.165, 1.54) is 10.9 Å². The van der Waals surface area contributed by atoms with Gasteiger partial charge in [0.05, 0.1) is 24.1 Å². The number of ether oxygens (including phenoxy) is 1. The van der Waals surface area contributed by atoms with Crippen LogP contribution in [0.3, 0.4) is 0 Å². The molecule has 30 heavy (non-hydrogen) atoms. The van der Waals surface area contributed by atoms with Gasteiger partial charge in [-0.2, -0.15) is 0 Å². The van der Waals surface area contributed by atoms with E-state index in [9.17, 15) is 4.79 Å². The van der Waals surface area contributed by atoms with Gasteiger partial charge in [0.1, 0.15) is 5.75 Å². The maximum absolute atomic E-state index is 13.4. The van der Waals surface area contributed by atoms with E-state index in [1.54, 1.807) is 7.11 Å². The highest BCUT2D eigenvalue weighted by Crippen LogP contribution is 2.47. The Kier molecular flexibility index (Phi) is 3.65. The summed E-state index contributed by atoms with van der Waals surface area (Å²) in [5.74, 6) is 0.932. The number of para-hydroxylation sites is 2. The Morgan fingerprint density at radius 3 is 2.63 bits per heavy atom. The van der Waals surface area contributed by atoms with E-state index >= 15 is 0 Å². The minimum absolute atomic E-state index is 0.0877. The third kappa shape index (κ3) is 2.32. The van der Waals surface area contributed by atoms with Crippen molar-refractivity contribution in [1.29, 1.82) is 0 Å². The van der Waals surface area contributed by atoms with Crippen LogP contribution in [-0.2, 0) is 6.42 Å². The molecule has 0 aliphatic carbocycles. The van der Waals surface area contributed by atoms with Crippen LogP contribution in [0.25, 0.3) is 10.9 Å². The Morgan fingerprint density at radius 1 is 1.00 bits per heavy atom. The SMILES string of the molecule is COc1ccc2[nH]c3c(c2c1)CCN1C(=O)c2ccccc2N(c2ccccc2)[C@@H]31. The second-order valence-corrected chi connectivity index (χ2v) is 7.77. The van der Waals surface area contributed by atoms with Crippen molar-refractivity contribution in [1.82, 2.24) is 9.88 Å². The molecule has 4 aromatic rings. The van der Waals surface area contributed by atoms with Gasteiger partial charge in [0.15, 0.2) is 6.17 Å². The van der Waals surface area contributed by atoms with Crippen LogP contribution in [0.1, 0.15) is 27.8 Å². The van der Waals surface area contributed by atoms with Crippen molar-refractivity contribution in [3.05, 3.63) is 89.6 Å². The first-order valence-electron chi connectivity index (χ1n) is 10.2. The smallest absolute Gasteiger partial charge is 0.257 e. The summed E-state index contributed by atoms with van der Waals surface area (Å²) in [6, 6.07) is 24.3. The molecule has 1 N–H and O–H groups in total. The molecule has 0 saturated carbocycles. The Labute approximate surface area is 174 Å². The van der Waals surface area contributed by atoms with E-state index in [-0.39, 0.29) is 12.1 Å². The van der Waals surface area contributed by atoms with Crippen LogP contribution in [0.5, 0.6) is 5.75 Å². The van der Waals surface area contributed by atoms with E-state index in [4.69, 9.17) is 4.74 Å². The average Bonchev–Trinajstić information content (AvgIpc) is 3.18. The molecule has 1 amide bonds. The number of nitrogens with zero attached hydrogens (tertiary/aromatic N) is 2. The van der Waals surface area contributed by atoms with Crippen LogP contribution in [0.4, 0.5) is 11.4 Å². The zero-order chi connectivity index (χ0) is 20.2. The van der Waals surface area contributed by atoms with Crippen molar-refractivity contribution < 1.29 is 9.53 Å². The van der Waals surface area contributed by atoms with Crippen LogP contribution in [-0.4, -0.2) is 29.4 Å². The molecular formula is C25H21N3O2. The van der Waals surface area contributed by atoms with Gasteiger partial charge in [-0.25, -0.2) is 0 Å². The molecule has 2 aliphatic rings. The molecule has 1 atom stereocenters. The first kappa shape index (κ1) is 17.2. The Balaban J connectivity index is 1.62. The molecule has 2 aliphatic heterocycles. The Morgan fingerprint density at radius 2 is 1.80 bits per heavy atom. The average molecular weight is 395 g/mol. The summed E-state index contributed by atoms with van der Waals surface area (Å²) in [5.41, 5.74) is 6.17. The van der Waals surface area contributed by atoms with E-state index in [0.717, 1.165) is 40.3 Å². The quantitative estimate of drug-likeness (QED) is 0.518. The molecule has 0 saturated heterocycles. The summed E-state index contributed by atoms with van der Waals surface area (Å²) in [6.45, 7) is 0.679. The maximum atomic E-state index is 13.4. The number of H-pyrrole nitrogens is 1. The zero-order valence-corrected chi connectivity index (χ0v) is 16.6. The van der Waals surface area contributed by atoms with Gasteiger partial charge in [-0.15, -0.1) is 0 Å². The number of benzene rings is 3. The molecule has 0 spiro atoms. The fraction of sp³-hybridized carbons (Fsp3) is 0.160. The number of hydrogen-bond acceptors (Lipinski definition) is 3. The third-order valence-electron chi connectivity index (χ3n) is 6.24. The first-order chi connectivity index (χ1) is 14.8. The number of aromatic nitrogens is 1. The minimum Gasteiger partial charge on any atom is -0.497 e. The summed E-state index contributed by atoms with van der Waals surface area (Å²) in [4.78, 5) is 21.3. The number of carbonyl (C=O) groups excluding carboxylic acids is 1. The first-order valence-corrected chi connectivity index (χ1v) is 10.2. The second-order valence-electron chi connectivity index (χ2n) is 7.77. The molecular weight excluding hydrogens is 374 g/mol. The molecule has 6 rings (SSSR count). The summed E-state index contributed by atoms with van der Waals surface area (Å²) < 4.78 is 5.45. The highest BCUT2D eigenvalue weighted by molar-refractivity contribution is 6.04. The van der Waals surface area contributed by atoms with Gasteiger partial charge in [-0.1, -0.05) is 30.3 Å². The van der Waals surface area contributed by atoms with Gasteiger partial charge in [0.25, 0.3) is 5.91 Å². The van der Waals surface area contributed by atoms with Crippen molar-refractivity contribution >= 4 is 28.2 Å². The summed E-state index contributed by atoms with van der Waals surface area (Å²) in [5, 5.41) is 1.17. The Bertz CT molecular complexity index is 1280. The largest absolute Gasteiger partial charge is 0.497 e. The van der Waals surface area contributed by atoms with E-state index < -0.39 is 0 Å². The van der Waals surface area contributed by atoms with Gasteiger partial charge in [-0.3, -0.25) is 4.79 Å². The van der Waals surface area contributed by atoms with Crippen LogP contribution in [0.15, 0.2) is 72.8 Å². The number of carbonyl (C=O) groups is 1.